The van der Waals surface area contributed by atoms with Crippen LogP contribution in [0.1, 0.15) is 38.8 Å². The minimum atomic E-state index is -3.88. The molecule has 0 fully saturated rings. The summed E-state index contributed by atoms with van der Waals surface area (Å²) in [5.41, 5.74) is 6.29. The van der Waals surface area contributed by atoms with Gasteiger partial charge in [-0.1, -0.05) is 96.0 Å². The molecule has 0 aliphatic heterocycles. The lowest BCUT2D eigenvalue weighted by Crippen LogP contribution is -2.28. The molecule has 6 aromatic rings. The predicted octanol–water partition coefficient (Wildman–Crippen LogP) is 8.48. The molecular formula is C39H35Cl2N3O4S. The van der Waals surface area contributed by atoms with E-state index in [1.54, 1.807) is 42.5 Å². The quantitative estimate of drug-likeness (QED) is 0.125. The number of carboxylic acids is 1. The third-order valence-corrected chi connectivity index (χ3v) is 10.9. The molecule has 0 bridgehead atoms. The Kier molecular flexibility index (Phi) is 10.4. The minimum Gasteiger partial charge on any atom is -0.478 e. The highest BCUT2D eigenvalue weighted by Crippen LogP contribution is 2.38. The zero-order chi connectivity index (χ0) is 34.5. The first-order valence-corrected chi connectivity index (χ1v) is 18.1. The van der Waals surface area contributed by atoms with Crippen LogP contribution in [0.5, 0.6) is 0 Å². The maximum absolute atomic E-state index is 13.4. The van der Waals surface area contributed by atoms with Crippen molar-refractivity contribution in [2.45, 2.75) is 23.8 Å². The van der Waals surface area contributed by atoms with Gasteiger partial charge in [0, 0.05) is 53.9 Å². The van der Waals surface area contributed by atoms with E-state index in [2.05, 4.69) is 38.5 Å². The zero-order valence-electron chi connectivity index (χ0n) is 26.8. The van der Waals surface area contributed by atoms with Crippen molar-refractivity contribution in [2.75, 3.05) is 25.0 Å². The summed E-state index contributed by atoms with van der Waals surface area (Å²) in [5.74, 6) is -0.972. The van der Waals surface area contributed by atoms with E-state index in [4.69, 9.17) is 23.2 Å². The smallest absolute Gasteiger partial charge is 0.335 e. The number of halogens is 2. The number of anilines is 1. The SMILES string of the molecule is CN(CCc1c(CCNS(=O)(=O)c2ccccc2Cl)n(C(c2ccccc2)c2ccccc2)c2ccc(Cl)cc12)c1ccc(C(=O)O)cc1. The average molecular weight is 713 g/mol. The average Bonchev–Trinajstić information content (AvgIpc) is 3.39. The Hall–Kier alpha value is -4.60. The number of aromatic carboxylic acids is 1. The molecule has 0 aliphatic rings. The van der Waals surface area contributed by atoms with Gasteiger partial charge in [-0.25, -0.2) is 17.9 Å². The van der Waals surface area contributed by atoms with Crippen molar-refractivity contribution < 1.29 is 18.3 Å². The van der Waals surface area contributed by atoms with Gasteiger partial charge in [-0.2, -0.15) is 0 Å². The number of carboxylic acid groups (broad SMARTS) is 1. The highest BCUT2D eigenvalue weighted by Gasteiger charge is 2.26. The number of fused-ring (bicyclic) bond motifs is 1. The third-order valence-electron chi connectivity index (χ3n) is 8.70. The Morgan fingerprint density at radius 2 is 1.43 bits per heavy atom. The maximum Gasteiger partial charge on any atom is 0.335 e. The molecule has 1 aromatic heterocycles. The fourth-order valence-electron chi connectivity index (χ4n) is 6.32. The minimum absolute atomic E-state index is 0.0335. The first-order chi connectivity index (χ1) is 23.6. The van der Waals surface area contributed by atoms with Gasteiger partial charge in [0.1, 0.15) is 4.90 Å². The summed E-state index contributed by atoms with van der Waals surface area (Å²) in [6.45, 7) is 0.741. The summed E-state index contributed by atoms with van der Waals surface area (Å²) in [6, 6.07) is 39.4. The van der Waals surface area contributed by atoms with Crippen LogP contribution in [0, 0.1) is 0 Å². The molecule has 5 aromatic carbocycles. The monoisotopic (exact) mass is 711 g/mol. The lowest BCUT2D eigenvalue weighted by atomic mass is 9.97. The number of nitrogens with zero attached hydrogens (tertiary/aromatic N) is 2. The van der Waals surface area contributed by atoms with E-state index < -0.39 is 16.0 Å². The van der Waals surface area contributed by atoms with Gasteiger partial charge in [-0.15, -0.1) is 0 Å². The molecule has 0 spiro atoms. The number of likely N-dealkylation sites (N-methyl/N-ethyl adjacent to an activating group) is 1. The Morgan fingerprint density at radius 3 is 2.04 bits per heavy atom. The van der Waals surface area contributed by atoms with E-state index in [9.17, 15) is 18.3 Å². The fourth-order valence-corrected chi connectivity index (χ4v) is 8.05. The number of hydrogen-bond donors (Lipinski definition) is 2. The molecule has 0 amide bonds. The number of carbonyl (C=O) groups is 1. The van der Waals surface area contributed by atoms with E-state index in [1.165, 1.54) is 6.07 Å². The van der Waals surface area contributed by atoms with Gasteiger partial charge in [0.15, 0.2) is 0 Å². The van der Waals surface area contributed by atoms with Crippen molar-refractivity contribution >= 4 is 55.8 Å². The van der Waals surface area contributed by atoms with E-state index >= 15 is 0 Å². The molecule has 0 unspecified atom stereocenters. The second-order valence-corrected chi connectivity index (χ2v) is 14.4. The lowest BCUT2D eigenvalue weighted by molar-refractivity contribution is 0.0697. The van der Waals surface area contributed by atoms with E-state index in [0.717, 1.165) is 39.0 Å². The topological polar surface area (TPSA) is 91.6 Å². The molecule has 1 heterocycles. The summed E-state index contributed by atoms with van der Waals surface area (Å²) in [5, 5.41) is 11.1. The van der Waals surface area contributed by atoms with Crippen LogP contribution in [0.4, 0.5) is 5.69 Å². The normalized spacial score (nSPS) is 11.7. The highest BCUT2D eigenvalue weighted by atomic mass is 35.5. The van der Waals surface area contributed by atoms with Crippen LogP contribution in [0.3, 0.4) is 0 Å². The summed E-state index contributed by atoms with van der Waals surface area (Å²) >= 11 is 12.9. The Balaban J connectivity index is 1.46. The Labute approximate surface area is 296 Å². The summed E-state index contributed by atoms with van der Waals surface area (Å²) in [6.07, 6.45) is 1.00. The van der Waals surface area contributed by atoms with Gasteiger partial charge in [0.2, 0.25) is 10.0 Å². The molecule has 7 nitrogen and oxygen atoms in total. The predicted molar refractivity (Wildman–Crippen MR) is 198 cm³/mol. The molecular weight excluding hydrogens is 677 g/mol. The van der Waals surface area contributed by atoms with Gasteiger partial charge >= 0.3 is 5.97 Å². The standard InChI is InChI=1S/C39H35Cl2N3O4S/c1-43(31-19-16-29(17-20-31)39(45)46)25-23-32-33-26-30(40)18-21-35(33)44(38(27-10-4-2-5-11-27)28-12-6-3-7-13-28)36(32)22-24-42-49(47,48)37-15-9-8-14-34(37)41/h2-21,26,38,42H,22-25H2,1H3,(H,45,46). The lowest BCUT2D eigenvalue weighted by Gasteiger charge is -2.25. The van der Waals surface area contributed by atoms with Crippen molar-refractivity contribution in [3.05, 3.63) is 165 Å². The van der Waals surface area contributed by atoms with E-state index in [-0.39, 0.29) is 28.1 Å². The van der Waals surface area contributed by atoms with Crippen molar-refractivity contribution in [1.29, 1.82) is 0 Å². The van der Waals surface area contributed by atoms with Crippen molar-refractivity contribution in [3.63, 3.8) is 0 Å². The van der Waals surface area contributed by atoms with Gasteiger partial charge in [0.25, 0.3) is 0 Å². The second kappa shape index (κ2) is 14.9. The Morgan fingerprint density at radius 1 is 0.816 bits per heavy atom. The molecule has 0 saturated heterocycles. The number of benzene rings is 5. The maximum atomic E-state index is 13.4. The van der Waals surface area contributed by atoms with Crippen LogP contribution in [-0.4, -0.2) is 44.2 Å². The van der Waals surface area contributed by atoms with Crippen LogP contribution in [0.2, 0.25) is 10.0 Å². The fraction of sp³-hybridized carbons (Fsp3) is 0.154. The van der Waals surface area contributed by atoms with Gasteiger partial charge in [-0.05, 0) is 77.7 Å². The zero-order valence-corrected chi connectivity index (χ0v) is 29.1. The molecule has 10 heteroatoms. The highest BCUT2D eigenvalue weighted by molar-refractivity contribution is 7.89. The van der Waals surface area contributed by atoms with Crippen LogP contribution >= 0.6 is 23.2 Å². The van der Waals surface area contributed by atoms with Crippen LogP contribution in [-0.2, 0) is 22.9 Å². The summed E-state index contributed by atoms with van der Waals surface area (Å²) in [7, 11) is -1.91. The number of nitrogens with one attached hydrogen (secondary N) is 1. The van der Waals surface area contributed by atoms with Gasteiger partial charge < -0.3 is 14.6 Å². The molecule has 49 heavy (non-hydrogen) atoms. The van der Waals surface area contributed by atoms with Crippen molar-refractivity contribution in [2.24, 2.45) is 0 Å². The first-order valence-electron chi connectivity index (χ1n) is 15.8. The van der Waals surface area contributed by atoms with Gasteiger partial charge in [0.05, 0.1) is 16.6 Å². The van der Waals surface area contributed by atoms with Crippen LogP contribution < -0.4 is 9.62 Å². The molecule has 0 aliphatic carbocycles. The van der Waals surface area contributed by atoms with E-state index in [1.807, 2.05) is 61.6 Å². The summed E-state index contributed by atoms with van der Waals surface area (Å²) in [4.78, 5) is 13.5. The second-order valence-electron chi connectivity index (χ2n) is 11.8. The van der Waals surface area contributed by atoms with Crippen LogP contribution in [0.25, 0.3) is 10.9 Å². The van der Waals surface area contributed by atoms with Gasteiger partial charge in [-0.3, -0.25) is 0 Å². The Bertz CT molecular complexity index is 2150. The van der Waals surface area contributed by atoms with E-state index in [0.29, 0.717) is 24.4 Å². The van der Waals surface area contributed by atoms with Crippen LogP contribution in [0.15, 0.2) is 132 Å². The molecule has 2 N–H and O–H groups in total. The third kappa shape index (κ3) is 7.53. The number of sulfonamides is 1. The summed E-state index contributed by atoms with van der Waals surface area (Å²) < 4.78 is 31.9. The number of rotatable bonds is 13. The van der Waals surface area contributed by atoms with Crippen molar-refractivity contribution in [1.82, 2.24) is 9.29 Å². The van der Waals surface area contributed by atoms with Crippen molar-refractivity contribution in [3.8, 4) is 0 Å². The molecule has 0 radical (unpaired) electrons. The number of aromatic nitrogens is 1. The molecule has 6 rings (SSSR count). The molecule has 0 atom stereocenters. The molecule has 250 valence electrons. The largest absolute Gasteiger partial charge is 0.478 e. The first kappa shape index (κ1) is 34.3. The number of hydrogen-bond acceptors (Lipinski definition) is 4. The molecule has 0 saturated carbocycles.